The molecule has 0 atom stereocenters. The highest BCUT2D eigenvalue weighted by atomic mass is 15.1. The van der Waals surface area contributed by atoms with E-state index in [-0.39, 0.29) is 0 Å². The first-order valence-electron chi connectivity index (χ1n) is 5.71. The Bertz CT molecular complexity index is 534. The van der Waals surface area contributed by atoms with E-state index in [0.717, 1.165) is 29.6 Å². The molecule has 0 unspecified atom stereocenters. The molecule has 1 heterocycles. The van der Waals surface area contributed by atoms with Crippen LogP contribution in [0.5, 0.6) is 0 Å². The van der Waals surface area contributed by atoms with Crippen LogP contribution >= 0.6 is 0 Å². The van der Waals surface area contributed by atoms with Crippen LogP contribution in [0.1, 0.15) is 13.3 Å². The highest BCUT2D eigenvalue weighted by Gasteiger charge is 1.97. The molecule has 0 bridgehead atoms. The van der Waals surface area contributed by atoms with Crippen molar-refractivity contribution in [3.8, 4) is 0 Å². The van der Waals surface area contributed by atoms with Gasteiger partial charge in [-0.15, -0.1) is 0 Å². The monoisotopic (exact) mass is 228 g/mol. The molecule has 88 valence electrons. The maximum Gasteiger partial charge on any atom is 0.193 e. The lowest BCUT2D eigenvalue weighted by Gasteiger charge is -2.06. The standard InChI is InChI=1S/C13H16N4/c1-2-7-16-13(14)17-11-5-6-12-10(9-11)4-3-8-15-12/h3-6,8-9H,2,7H2,1H3,(H3,14,16,17). The lowest BCUT2D eigenvalue weighted by atomic mass is 10.2. The zero-order chi connectivity index (χ0) is 12.1. The molecule has 0 saturated heterocycles. The van der Waals surface area contributed by atoms with E-state index < -0.39 is 0 Å². The fourth-order valence-electron chi connectivity index (χ4n) is 1.57. The van der Waals surface area contributed by atoms with Gasteiger partial charge in [-0.25, -0.2) is 0 Å². The van der Waals surface area contributed by atoms with Crippen molar-refractivity contribution in [1.29, 1.82) is 0 Å². The fourth-order valence-corrected chi connectivity index (χ4v) is 1.57. The van der Waals surface area contributed by atoms with Crippen LogP contribution in [0.3, 0.4) is 0 Å². The molecule has 0 aliphatic carbocycles. The molecule has 0 aliphatic heterocycles. The minimum atomic E-state index is 0.454. The number of benzene rings is 1. The number of pyridine rings is 1. The number of aliphatic imine (C=N–C) groups is 1. The molecule has 4 nitrogen and oxygen atoms in total. The number of nitrogens with one attached hydrogen (secondary N) is 1. The third-order valence-electron chi connectivity index (χ3n) is 2.38. The second-order valence-corrected chi connectivity index (χ2v) is 3.80. The molecule has 0 fully saturated rings. The summed E-state index contributed by atoms with van der Waals surface area (Å²) in [6, 6.07) is 9.86. The summed E-state index contributed by atoms with van der Waals surface area (Å²) in [6.07, 6.45) is 2.77. The first kappa shape index (κ1) is 11.4. The molecule has 0 spiro atoms. The minimum absolute atomic E-state index is 0.454. The van der Waals surface area contributed by atoms with Gasteiger partial charge < -0.3 is 11.1 Å². The van der Waals surface area contributed by atoms with Crippen molar-refractivity contribution in [2.75, 3.05) is 11.9 Å². The zero-order valence-corrected chi connectivity index (χ0v) is 9.85. The largest absolute Gasteiger partial charge is 0.370 e. The summed E-state index contributed by atoms with van der Waals surface area (Å²) < 4.78 is 0. The van der Waals surface area contributed by atoms with E-state index in [1.54, 1.807) is 6.20 Å². The summed E-state index contributed by atoms with van der Waals surface area (Å²) in [6.45, 7) is 2.81. The third-order valence-corrected chi connectivity index (χ3v) is 2.38. The van der Waals surface area contributed by atoms with Crippen LogP contribution in [0.2, 0.25) is 0 Å². The van der Waals surface area contributed by atoms with E-state index in [1.807, 2.05) is 30.3 Å². The maximum absolute atomic E-state index is 5.76. The third kappa shape index (κ3) is 2.93. The van der Waals surface area contributed by atoms with Gasteiger partial charge in [0.05, 0.1) is 5.52 Å². The summed E-state index contributed by atoms with van der Waals surface area (Å²) in [7, 11) is 0. The summed E-state index contributed by atoms with van der Waals surface area (Å²) in [5, 5.41) is 4.15. The molecule has 1 aromatic carbocycles. The molecule has 4 heteroatoms. The minimum Gasteiger partial charge on any atom is -0.370 e. The van der Waals surface area contributed by atoms with E-state index in [4.69, 9.17) is 5.73 Å². The molecule has 0 saturated carbocycles. The Morgan fingerprint density at radius 2 is 2.29 bits per heavy atom. The number of guanidine groups is 1. The topological polar surface area (TPSA) is 63.3 Å². The molecule has 1 aromatic heterocycles. The number of rotatable bonds is 3. The molecule has 0 amide bonds. The van der Waals surface area contributed by atoms with Gasteiger partial charge in [0.15, 0.2) is 5.96 Å². The van der Waals surface area contributed by atoms with Gasteiger partial charge in [-0.05, 0) is 30.7 Å². The maximum atomic E-state index is 5.76. The quantitative estimate of drug-likeness (QED) is 0.626. The normalized spacial score (nSPS) is 11.7. The first-order chi connectivity index (χ1) is 8.29. The van der Waals surface area contributed by atoms with Crippen molar-refractivity contribution in [1.82, 2.24) is 4.98 Å². The molecular formula is C13H16N4. The van der Waals surface area contributed by atoms with Crippen LogP contribution in [0.25, 0.3) is 10.9 Å². The number of aromatic nitrogens is 1. The summed E-state index contributed by atoms with van der Waals surface area (Å²) in [4.78, 5) is 8.45. The number of nitrogens with zero attached hydrogens (tertiary/aromatic N) is 2. The molecular weight excluding hydrogens is 212 g/mol. The second kappa shape index (κ2) is 5.30. The predicted octanol–water partition coefficient (Wildman–Crippen LogP) is 2.37. The zero-order valence-electron chi connectivity index (χ0n) is 9.85. The Labute approximate surface area is 101 Å². The average Bonchev–Trinajstić information content (AvgIpc) is 2.36. The fraction of sp³-hybridized carbons (Fsp3) is 0.231. The van der Waals surface area contributed by atoms with Crippen LogP contribution in [0.15, 0.2) is 41.5 Å². The Balaban J connectivity index is 2.19. The van der Waals surface area contributed by atoms with Crippen LogP contribution < -0.4 is 11.1 Å². The lowest BCUT2D eigenvalue weighted by Crippen LogP contribution is -2.22. The number of hydrogen-bond acceptors (Lipinski definition) is 2. The van der Waals surface area contributed by atoms with Crippen LogP contribution in [-0.4, -0.2) is 17.5 Å². The van der Waals surface area contributed by atoms with E-state index in [9.17, 15) is 0 Å². The van der Waals surface area contributed by atoms with E-state index in [1.165, 1.54) is 0 Å². The van der Waals surface area contributed by atoms with Gasteiger partial charge in [-0.2, -0.15) is 0 Å². The Hall–Kier alpha value is -2.10. The van der Waals surface area contributed by atoms with Gasteiger partial charge >= 0.3 is 0 Å². The molecule has 3 N–H and O–H groups in total. The van der Waals surface area contributed by atoms with Crippen molar-refractivity contribution < 1.29 is 0 Å². The van der Waals surface area contributed by atoms with Gasteiger partial charge in [0.2, 0.25) is 0 Å². The van der Waals surface area contributed by atoms with E-state index >= 15 is 0 Å². The smallest absolute Gasteiger partial charge is 0.193 e. The summed E-state index contributed by atoms with van der Waals surface area (Å²) in [5.41, 5.74) is 7.67. The number of fused-ring (bicyclic) bond motifs is 1. The van der Waals surface area contributed by atoms with Crippen molar-refractivity contribution in [2.45, 2.75) is 13.3 Å². The van der Waals surface area contributed by atoms with Crippen molar-refractivity contribution >= 4 is 22.5 Å². The Kier molecular flexibility index (Phi) is 3.55. The van der Waals surface area contributed by atoms with Gasteiger partial charge in [0, 0.05) is 23.8 Å². The predicted molar refractivity (Wildman–Crippen MR) is 72.1 cm³/mol. The summed E-state index contributed by atoms with van der Waals surface area (Å²) in [5.74, 6) is 0.454. The average molecular weight is 228 g/mol. The van der Waals surface area contributed by atoms with Crippen molar-refractivity contribution in [2.24, 2.45) is 10.7 Å². The number of hydrogen-bond donors (Lipinski definition) is 2. The lowest BCUT2D eigenvalue weighted by molar-refractivity contribution is 0.929. The Morgan fingerprint density at radius 1 is 1.41 bits per heavy atom. The second-order valence-electron chi connectivity index (χ2n) is 3.80. The van der Waals surface area contributed by atoms with Crippen LogP contribution in [0.4, 0.5) is 5.69 Å². The SMILES string of the molecule is CCCN=C(N)Nc1ccc2ncccc2c1. The molecule has 17 heavy (non-hydrogen) atoms. The molecule has 2 aromatic rings. The first-order valence-corrected chi connectivity index (χ1v) is 5.71. The van der Waals surface area contributed by atoms with Crippen molar-refractivity contribution in [3.63, 3.8) is 0 Å². The highest BCUT2D eigenvalue weighted by molar-refractivity contribution is 5.94. The van der Waals surface area contributed by atoms with E-state index in [0.29, 0.717) is 5.96 Å². The molecule has 2 rings (SSSR count). The molecule has 0 radical (unpaired) electrons. The van der Waals surface area contributed by atoms with Gasteiger partial charge in [-0.1, -0.05) is 13.0 Å². The van der Waals surface area contributed by atoms with Crippen LogP contribution in [0, 0.1) is 0 Å². The number of anilines is 1. The molecule has 0 aliphatic rings. The Morgan fingerprint density at radius 3 is 3.12 bits per heavy atom. The summed E-state index contributed by atoms with van der Waals surface area (Å²) >= 11 is 0. The number of nitrogens with two attached hydrogens (primary N) is 1. The van der Waals surface area contributed by atoms with Gasteiger partial charge in [0.1, 0.15) is 0 Å². The van der Waals surface area contributed by atoms with Crippen LogP contribution in [-0.2, 0) is 0 Å². The van der Waals surface area contributed by atoms with Gasteiger partial charge in [0.25, 0.3) is 0 Å². The van der Waals surface area contributed by atoms with E-state index in [2.05, 4.69) is 22.2 Å². The van der Waals surface area contributed by atoms with Crippen molar-refractivity contribution in [3.05, 3.63) is 36.5 Å². The van der Waals surface area contributed by atoms with Gasteiger partial charge in [-0.3, -0.25) is 9.98 Å². The highest BCUT2D eigenvalue weighted by Crippen LogP contribution is 2.16.